The predicted octanol–water partition coefficient (Wildman–Crippen LogP) is 24.8. The lowest BCUT2D eigenvalue weighted by molar-refractivity contribution is -0.167. The quantitative estimate of drug-likeness (QED) is 0.0261. The Morgan fingerprint density at radius 2 is 0.470 bits per heavy atom. The summed E-state index contributed by atoms with van der Waals surface area (Å²) in [7, 11) is 0. The van der Waals surface area contributed by atoms with Gasteiger partial charge in [0.1, 0.15) is 13.2 Å². The average molecular weight is 1160 g/mol. The third-order valence-electron chi connectivity index (χ3n) is 15.6. The normalized spacial score (nSPS) is 12.7. The Morgan fingerprint density at radius 3 is 0.759 bits per heavy atom. The van der Waals surface area contributed by atoms with Crippen molar-refractivity contribution >= 4 is 17.9 Å². The first-order chi connectivity index (χ1) is 41.0. The average Bonchev–Trinajstić information content (AvgIpc) is 3.49. The molecule has 478 valence electrons. The lowest BCUT2D eigenvalue weighted by Gasteiger charge is -2.18. The van der Waals surface area contributed by atoms with Gasteiger partial charge in [-0.3, -0.25) is 14.4 Å². The molecule has 0 N–H and O–H groups in total. The molecule has 0 aliphatic rings. The van der Waals surface area contributed by atoms with Crippen LogP contribution in [0.5, 0.6) is 0 Å². The molecule has 6 heteroatoms. The van der Waals surface area contributed by atoms with Crippen LogP contribution < -0.4 is 0 Å². The minimum absolute atomic E-state index is 0.0766. The maximum atomic E-state index is 12.9. The lowest BCUT2D eigenvalue weighted by atomic mass is 10.0. The summed E-state index contributed by atoms with van der Waals surface area (Å²) in [6.45, 7) is 6.54. The summed E-state index contributed by atoms with van der Waals surface area (Å²) >= 11 is 0. The van der Waals surface area contributed by atoms with E-state index in [0.29, 0.717) is 19.3 Å². The van der Waals surface area contributed by atoms with Gasteiger partial charge in [-0.15, -0.1) is 0 Å². The van der Waals surface area contributed by atoms with Crippen LogP contribution >= 0.6 is 0 Å². The van der Waals surface area contributed by atoms with Gasteiger partial charge in [0.05, 0.1) is 0 Å². The van der Waals surface area contributed by atoms with Crippen molar-refractivity contribution in [3.8, 4) is 0 Å². The summed E-state index contributed by atoms with van der Waals surface area (Å²) in [5.41, 5.74) is 0. The molecular formula is C77H134O6. The second-order valence-electron chi connectivity index (χ2n) is 23.8. The van der Waals surface area contributed by atoms with Gasteiger partial charge in [0.2, 0.25) is 0 Å². The molecule has 6 nitrogen and oxygen atoms in total. The monoisotopic (exact) mass is 1160 g/mol. The molecule has 0 saturated heterocycles. The maximum absolute atomic E-state index is 12.9. The Bertz CT molecular complexity index is 1610. The highest BCUT2D eigenvalue weighted by Gasteiger charge is 2.19. The lowest BCUT2D eigenvalue weighted by Crippen LogP contribution is -2.30. The van der Waals surface area contributed by atoms with Crippen molar-refractivity contribution in [1.29, 1.82) is 0 Å². The van der Waals surface area contributed by atoms with E-state index in [-0.39, 0.29) is 31.1 Å². The third kappa shape index (κ3) is 69.0. The van der Waals surface area contributed by atoms with Crippen molar-refractivity contribution in [3.63, 3.8) is 0 Å². The van der Waals surface area contributed by atoms with Crippen LogP contribution in [0.1, 0.15) is 355 Å². The zero-order chi connectivity index (χ0) is 59.9. The maximum Gasteiger partial charge on any atom is 0.306 e. The molecule has 0 aromatic heterocycles. The van der Waals surface area contributed by atoms with Gasteiger partial charge in [0.15, 0.2) is 6.10 Å². The topological polar surface area (TPSA) is 78.9 Å². The highest BCUT2D eigenvalue weighted by Crippen LogP contribution is 2.18. The molecule has 0 fully saturated rings. The van der Waals surface area contributed by atoms with Crippen LogP contribution in [-0.4, -0.2) is 37.2 Å². The van der Waals surface area contributed by atoms with E-state index < -0.39 is 6.10 Å². The number of esters is 3. The second-order valence-corrected chi connectivity index (χ2v) is 23.8. The summed E-state index contributed by atoms with van der Waals surface area (Å²) in [4.78, 5) is 38.5. The zero-order valence-electron chi connectivity index (χ0n) is 54.9. The Labute approximate surface area is 515 Å². The largest absolute Gasteiger partial charge is 0.462 e. The summed E-state index contributed by atoms with van der Waals surface area (Å²) in [5, 5.41) is 0. The molecule has 1 unspecified atom stereocenters. The van der Waals surface area contributed by atoms with Crippen molar-refractivity contribution in [2.45, 2.75) is 361 Å². The van der Waals surface area contributed by atoms with E-state index in [9.17, 15) is 14.4 Å². The molecule has 0 aliphatic carbocycles. The number of ether oxygens (including phenoxy) is 3. The summed E-state index contributed by atoms with van der Waals surface area (Å²) in [6.07, 6.45) is 95.7. The molecular weight excluding hydrogens is 1020 g/mol. The van der Waals surface area contributed by atoms with Crippen LogP contribution in [-0.2, 0) is 28.6 Å². The molecule has 0 aromatic rings. The molecule has 83 heavy (non-hydrogen) atoms. The van der Waals surface area contributed by atoms with Gasteiger partial charge < -0.3 is 14.2 Å². The fraction of sp³-hybridized carbons (Fsp3) is 0.753. The van der Waals surface area contributed by atoms with E-state index in [2.05, 4.69) is 118 Å². The molecule has 0 spiro atoms. The first-order valence-corrected chi connectivity index (χ1v) is 35.7. The highest BCUT2D eigenvalue weighted by atomic mass is 16.6. The minimum Gasteiger partial charge on any atom is -0.462 e. The number of rotatable bonds is 65. The van der Waals surface area contributed by atoms with Crippen molar-refractivity contribution in [2.24, 2.45) is 0 Å². The van der Waals surface area contributed by atoms with E-state index in [1.165, 1.54) is 205 Å². The van der Waals surface area contributed by atoms with E-state index in [0.717, 1.165) is 109 Å². The zero-order valence-corrected chi connectivity index (χ0v) is 54.9. The Morgan fingerprint density at radius 1 is 0.253 bits per heavy atom. The number of hydrogen-bond acceptors (Lipinski definition) is 6. The number of hydrogen-bond donors (Lipinski definition) is 0. The van der Waals surface area contributed by atoms with E-state index >= 15 is 0 Å². The van der Waals surface area contributed by atoms with Crippen LogP contribution in [0.2, 0.25) is 0 Å². The van der Waals surface area contributed by atoms with Crippen molar-refractivity contribution in [2.75, 3.05) is 13.2 Å². The van der Waals surface area contributed by atoms with Gasteiger partial charge in [-0.25, -0.2) is 0 Å². The predicted molar refractivity (Wildman–Crippen MR) is 362 cm³/mol. The van der Waals surface area contributed by atoms with E-state index in [4.69, 9.17) is 14.2 Å². The first-order valence-electron chi connectivity index (χ1n) is 35.7. The first kappa shape index (κ1) is 79.3. The summed E-state index contributed by atoms with van der Waals surface area (Å²) in [6, 6.07) is 0. The fourth-order valence-corrected chi connectivity index (χ4v) is 10.2. The SMILES string of the molecule is CC/C=C\C/C=C\C/C=C\C/C=C\C/C=C\C/C=C\CCCCCCCCCCCCCCC(=O)OCC(COC(=O)CCCCCCCCCCCCCCCCCCC)OC(=O)CCCCCCCCC/C=C\C/C=C\CCCCC. The Balaban J connectivity index is 4.28. The molecule has 0 amide bonds. The molecule has 0 bridgehead atoms. The van der Waals surface area contributed by atoms with Gasteiger partial charge in [-0.1, -0.05) is 330 Å². The van der Waals surface area contributed by atoms with E-state index in [1.54, 1.807) is 0 Å². The summed E-state index contributed by atoms with van der Waals surface area (Å²) < 4.78 is 17.0. The molecule has 1 atom stereocenters. The molecule has 0 saturated carbocycles. The second kappa shape index (κ2) is 70.8. The molecule has 0 aliphatic heterocycles. The standard InChI is InChI=1S/C77H134O6/c1-4-7-10-13-16-19-22-25-28-31-32-33-34-35-36-37-38-39-40-41-42-43-44-47-49-52-55-58-61-64-67-70-76(79)82-73-74(83-77(80)71-68-65-62-59-56-53-50-46-30-27-24-21-18-15-12-9-6-3)72-81-75(78)69-66-63-60-57-54-51-48-45-29-26-23-20-17-14-11-8-5-2/h7,10,16,18-19,21,25,27-28,30,32-33,35-36,38-39,74H,4-6,8-9,11-15,17,20,22-24,26,29,31,34,37,40-73H2,1-3H3/b10-7-,19-16-,21-18-,28-25-,30-27-,33-32-,36-35-,39-38-. The Kier molecular flexibility index (Phi) is 67.7. The van der Waals surface area contributed by atoms with Crippen molar-refractivity contribution in [1.82, 2.24) is 0 Å². The van der Waals surface area contributed by atoms with Crippen LogP contribution in [0.4, 0.5) is 0 Å². The van der Waals surface area contributed by atoms with Crippen LogP contribution in [0.3, 0.4) is 0 Å². The number of carbonyl (C=O) groups is 3. The Hall–Kier alpha value is -3.67. The number of unbranched alkanes of at least 4 members (excludes halogenated alkanes) is 38. The van der Waals surface area contributed by atoms with Gasteiger partial charge >= 0.3 is 17.9 Å². The third-order valence-corrected chi connectivity index (χ3v) is 15.6. The number of carbonyl (C=O) groups excluding carboxylic acids is 3. The van der Waals surface area contributed by atoms with Crippen molar-refractivity contribution in [3.05, 3.63) is 97.2 Å². The van der Waals surface area contributed by atoms with Crippen LogP contribution in [0, 0.1) is 0 Å². The smallest absolute Gasteiger partial charge is 0.306 e. The molecule has 0 heterocycles. The van der Waals surface area contributed by atoms with E-state index in [1.807, 2.05) is 0 Å². The summed E-state index contributed by atoms with van der Waals surface area (Å²) in [5.74, 6) is -0.867. The minimum atomic E-state index is -0.782. The van der Waals surface area contributed by atoms with Crippen LogP contribution in [0.15, 0.2) is 97.2 Å². The van der Waals surface area contributed by atoms with Gasteiger partial charge in [0.25, 0.3) is 0 Å². The van der Waals surface area contributed by atoms with Gasteiger partial charge in [-0.05, 0) is 103 Å². The van der Waals surface area contributed by atoms with Crippen LogP contribution in [0.25, 0.3) is 0 Å². The molecule has 0 rings (SSSR count). The molecule has 0 radical (unpaired) electrons. The van der Waals surface area contributed by atoms with Gasteiger partial charge in [-0.2, -0.15) is 0 Å². The number of allylic oxidation sites excluding steroid dienone is 16. The van der Waals surface area contributed by atoms with Gasteiger partial charge in [0, 0.05) is 19.3 Å². The van der Waals surface area contributed by atoms with Crippen molar-refractivity contribution < 1.29 is 28.6 Å². The highest BCUT2D eigenvalue weighted by molar-refractivity contribution is 5.71. The fourth-order valence-electron chi connectivity index (χ4n) is 10.2. The molecule has 0 aromatic carbocycles.